The van der Waals surface area contributed by atoms with Crippen molar-refractivity contribution in [2.75, 3.05) is 42.7 Å². The molecular formula is C26H33F2N7O3S. The number of hydrogen-bond acceptors (Lipinski definition) is 10. The molecule has 1 aromatic carbocycles. The molecule has 39 heavy (non-hydrogen) atoms. The fourth-order valence-corrected chi connectivity index (χ4v) is 6.75. The molecule has 1 aliphatic heterocycles. The second-order valence-electron chi connectivity index (χ2n) is 10.1. The summed E-state index contributed by atoms with van der Waals surface area (Å²) in [5.41, 5.74) is 0.0838. The average Bonchev–Trinajstić information content (AvgIpc) is 2.93. The summed E-state index contributed by atoms with van der Waals surface area (Å²) in [6.07, 6.45) is 7.30. The Balaban J connectivity index is 1.32. The molecule has 0 radical (unpaired) electrons. The molecule has 2 aliphatic rings. The molecule has 3 heterocycles. The van der Waals surface area contributed by atoms with Crippen LogP contribution >= 0.6 is 0 Å². The molecule has 0 atom stereocenters. The molecule has 13 heteroatoms. The monoisotopic (exact) mass is 561 g/mol. The lowest BCUT2D eigenvalue weighted by molar-refractivity contribution is 0.00790. The van der Waals surface area contributed by atoms with Gasteiger partial charge in [-0.3, -0.25) is 4.90 Å². The highest BCUT2D eigenvalue weighted by atomic mass is 32.2. The molecule has 2 N–H and O–H groups in total. The standard InChI is InChI=1S/C26H33F2N7O3S/c1-2-13-39(36,37)15-17-3-8-20(27)23(22(17)28)33-25-24-21(30-16-31-25)14-29-26(34-24)32-18-4-6-19(7-5-18)35-9-11-38-12-10-35/h3,8,14,16,18-19H,2,4-7,9-13,15H2,1H3,(H,29,32,34)(H,30,31,33). The summed E-state index contributed by atoms with van der Waals surface area (Å²) in [4.78, 5) is 19.8. The smallest absolute Gasteiger partial charge is 0.223 e. The minimum Gasteiger partial charge on any atom is -0.379 e. The molecule has 1 saturated carbocycles. The van der Waals surface area contributed by atoms with Crippen LogP contribution in [0.2, 0.25) is 0 Å². The molecule has 10 nitrogen and oxygen atoms in total. The van der Waals surface area contributed by atoms with E-state index in [1.54, 1.807) is 6.92 Å². The van der Waals surface area contributed by atoms with Crippen molar-refractivity contribution < 1.29 is 21.9 Å². The van der Waals surface area contributed by atoms with Crippen LogP contribution in [0.1, 0.15) is 44.6 Å². The van der Waals surface area contributed by atoms with Crippen molar-refractivity contribution >= 4 is 38.3 Å². The van der Waals surface area contributed by atoms with Gasteiger partial charge < -0.3 is 15.4 Å². The van der Waals surface area contributed by atoms with Crippen molar-refractivity contribution in [2.24, 2.45) is 0 Å². The zero-order chi connectivity index (χ0) is 27.4. The number of nitrogens with one attached hydrogen (secondary N) is 2. The van der Waals surface area contributed by atoms with Gasteiger partial charge in [-0.25, -0.2) is 37.1 Å². The van der Waals surface area contributed by atoms with Crippen LogP contribution in [-0.4, -0.2) is 77.4 Å². The maximum absolute atomic E-state index is 15.3. The summed E-state index contributed by atoms with van der Waals surface area (Å²) in [5, 5.41) is 6.08. The van der Waals surface area contributed by atoms with Gasteiger partial charge in [0.1, 0.15) is 28.9 Å². The normalized spacial score (nSPS) is 20.7. The van der Waals surface area contributed by atoms with Gasteiger partial charge in [-0.1, -0.05) is 13.0 Å². The maximum Gasteiger partial charge on any atom is 0.223 e. The van der Waals surface area contributed by atoms with Gasteiger partial charge in [0.05, 0.1) is 30.9 Å². The molecule has 0 amide bonds. The second kappa shape index (κ2) is 12.0. The Hall–Kier alpha value is -3.03. The lowest BCUT2D eigenvalue weighted by atomic mass is 9.90. The highest BCUT2D eigenvalue weighted by Gasteiger charge is 2.27. The van der Waals surface area contributed by atoms with E-state index in [-0.39, 0.29) is 23.2 Å². The van der Waals surface area contributed by atoms with Crippen LogP contribution in [0.5, 0.6) is 0 Å². The summed E-state index contributed by atoms with van der Waals surface area (Å²) in [7, 11) is -3.53. The van der Waals surface area contributed by atoms with Crippen molar-refractivity contribution in [3.63, 3.8) is 0 Å². The Morgan fingerprint density at radius 1 is 1.08 bits per heavy atom. The first-order valence-electron chi connectivity index (χ1n) is 13.3. The van der Waals surface area contributed by atoms with Crippen molar-refractivity contribution in [1.82, 2.24) is 24.8 Å². The first kappa shape index (κ1) is 27.5. The molecular weight excluding hydrogens is 528 g/mol. The average molecular weight is 562 g/mol. The van der Waals surface area contributed by atoms with Crippen LogP contribution in [0, 0.1) is 11.6 Å². The zero-order valence-corrected chi connectivity index (χ0v) is 22.7. The summed E-state index contributed by atoms with van der Waals surface area (Å²) in [5.74, 6) is -1.98. The maximum atomic E-state index is 15.3. The minimum atomic E-state index is -3.53. The quantitative estimate of drug-likeness (QED) is 0.399. The number of fused-ring (bicyclic) bond motifs is 1. The van der Waals surface area contributed by atoms with E-state index in [1.807, 2.05) is 0 Å². The van der Waals surface area contributed by atoms with E-state index in [0.717, 1.165) is 64.1 Å². The lowest BCUT2D eigenvalue weighted by Gasteiger charge is -2.38. The third-order valence-electron chi connectivity index (χ3n) is 7.27. The van der Waals surface area contributed by atoms with E-state index in [2.05, 4.69) is 35.5 Å². The van der Waals surface area contributed by atoms with Crippen LogP contribution in [0.4, 0.5) is 26.2 Å². The number of hydrogen-bond donors (Lipinski definition) is 2. The topological polar surface area (TPSA) is 122 Å². The van der Waals surface area contributed by atoms with E-state index in [4.69, 9.17) is 4.74 Å². The highest BCUT2D eigenvalue weighted by molar-refractivity contribution is 7.90. The van der Waals surface area contributed by atoms with Gasteiger partial charge in [-0.15, -0.1) is 0 Å². The zero-order valence-electron chi connectivity index (χ0n) is 21.9. The Labute approximate surface area is 226 Å². The largest absolute Gasteiger partial charge is 0.379 e. The van der Waals surface area contributed by atoms with Gasteiger partial charge in [0.2, 0.25) is 5.95 Å². The summed E-state index contributed by atoms with van der Waals surface area (Å²) in [6, 6.07) is 2.96. The number of halogens is 2. The Kier molecular flexibility index (Phi) is 8.48. The third kappa shape index (κ3) is 6.59. The number of sulfone groups is 1. The molecule has 1 aliphatic carbocycles. The van der Waals surface area contributed by atoms with Crippen molar-refractivity contribution in [1.29, 1.82) is 0 Å². The number of nitrogens with zero attached hydrogens (tertiary/aromatic N) is 5. The van der Waals surface area contributed by atoms with Crippen LogP contribution in [0.15, 0.2) is 24.7 Å². The molecule has 2 fully saturated rings. The van der Waals surface area contributed by atoms with E-state index in [0.29, 0.717) is 29.4 Å². The van der Waals surface area contributed by atoms with Gasteiger partial charge >= 0.3 is 0 Å². The van der Waals surface area contributed by atoms with Crippen LogP contribution in [0.3, 0.4) is 0 Å². The summed E-state index contributed by atoms with van der Waals surface area (Å²) < 4.78 is 59.9. The van der Waals surface area contributed by atoms with Crippen molar-refractivity contribution in [3.05, 3.63) is 41.9 Å². The molecule has 0 unspecified atom stereocenters. The first-order chi connectivity index (χ1) is 18.8. The Morgan fingerprint density at radius 2 is 1.85 bits per heavy atom. The summed E-state index contributed by atoms with van der Waals surface area (Å²) in [6.45, 7) is 5.26. The molecule has 210 valence electrons. The van der Waals surface area contributed by atoms with Gasteiger partial charge in [0.15, 0.2) is 21.5 Å². The fourth-order valence-electron chi connectivity index (χ4n) is 5.29. The molecule has 2 aromatic heterocycles. The molecule has 0 bridgehead atoms. The molecule has 1 saturated heterocycles. The highest BCUT2D eigenvalue weighted by Crippen LogP contribution is 2.30. The van der Waals surface area contributed by atoms with Gasteiger partial charge in [-0.05, 0) is 38.2 Å². The number of morpholine rings is 1. The van der Waals surface area contributed by atoms with Gasteiger partial charge in [0, 0.05) is 30.7 Å². The van der Waals surface area contributed by atoms with Crippen molar-refractivity contribution in [2.45, 2.75) is 56.9 Å². The number of aromatic nitrogens is 4. The first-order valence-corrected chi connectivity index (χ1v) is 15.2. The van der Waals surface area contributed by atoms with E-state index in [1.165, 1.54) is 12.5 Å². The molecule has 3 aromatic rings. The Bertz CT molecular complexity index is 1410. The number of ether oxygens (including phenoxy) is 1. The van der Waals surface area contributed by atoms with E-state index < -0.39 is 32.9 Å². The van der Waals surface area contributed by atoms with E-state index >= 15 is 4.39 Å². The SMILES string of the molecule is CCCS(=O)(=O)Cc1ccc(F)c(Nc2ncnc3cnc(NC4CCC(N5CCOCC5)CC4)nc23)c1F. The van der Waals surface area contributed by atoms with Crippen LogP contribution in [-0.2, 0) is 20.3 Å². The summed E-state index contributed by atoms with van der Waals surface area (Å²) >= 11 is 0. The van der Waals surface area contributed by atoms with Crippen LogP contribution < -0.4 is 10.6 Å². The predicted octanol–water partition coefficient (Wildman–Crippen LogP) is 3.82. The third-order valence-corrected chi connectivity index (χ3v) is 9.06. The predicted molar refractivity (Wildman–Crippen MR) is 145 cm³/mol. The van der Waals surface area contributed by atoms with Gasteiger partial charge in [-0.2, -0.15) is 0 Å². The number of anilines is 3. The number of benzene rings is 1. The minimum absolute atomic E-state index is 0.0787. The second-order valence-corrected chi connectivity index (χ2v) is 12.2. The van der Waals surface area contributed by atoms with E-state index in [9.17, 15) is 12.8 Å². The molecule has 5 rings (SSSR count). The van der Waals surface area contributed by atoms with Crippen molar-refractivity contribution in [3.8, 4) is 0 Å². The Morgan fingerprint density at radius 3 is 2.59 bits per heavy atom. The number of rotatable bonds is 9. The fraction of sp³-hybridized carbons (Fsp3) is 0.538. The lowest BCUT2D eigenvalue weighted by Crippen LogP contribution is -2.46. The molecule has 0 spiro atoms. The van der Waals surface area contributed by atoms with Gasteiger partial charge in [0.25, 0.3) is 0 Å². The van der Waals surface area contributed by atoms with Crippen LogP contribution in [0.25, 0.3) is 11.0 Å².